The summed E-state index contributed by atoms with van der Waals surface area (Å²) in [5, 5.41) is 0. The molecule has 0 fully saturated rings. The summed E-state index contributed by atoms with van der Waals surface area (Å²) in [7, 11) is 0. The predicted octanol–water partition coefficient (Wildman–Crippen LogP) is 16.0. The number of carbonyl (C=O) groups excluding carboxylic acids is 3. The van der Waals surface area contributed by atoms with Crippen molar-refractivity contribution in [2.45, 2.75) is 207 Å². The van der Waals surface area contributed by atoms with Gasteiger partial charge in [0.25, 0.3) is 0 Å². The summed E-state index contributed by atoms with van der Waals surface area (Å²) in [6.45, 7) is 6.25. The monoisotopic (exact) mass is 845 g/mol. The van der Waals surface area contributed by atoms with E-state index >= 15 is 0 Å². The first kappa shape index (κ1) is 57.1. The number of allylic oxidation sites excluding steroid dienone is 18. The summed E-state index contributed by atoms with van der Waals surface area (Å²) in [5.41, 5.74) is 0. The molecule has 0 aromatic rings. The van der Waals surface area contributed by atoms with Crippen molar-refractivity contribution in [2.75, 3.05) is 13.2 Å². The molecule has 0 N–H and O–H groups in total. The maximum Gasteiger partial charge on any atom is 0.306 e. The van der Waals surface area contributed by atoms with E-state index in [1.807, 2.05) is 54.7 Å². The van der Waals surface area contributed by atoms with Gasteiger partial charge in [-0.25, -0.2) is 0 Å². The van der Waals surface area contributed by atoms with Crippen LogP contribution in [0.4, 0.5) is 0 Å². The Morgan fingerprint density at radius 1 is 0.344 bits per heavy atom. The average molecular weight is 845 g/mol. The number of hydrogen-bond acceptors (Lipinski definition) is 6. The maximum atomic E-state index is 12.8. The van der Waals surface area contributed by atoms with E-state index < -0.39 is 6.10 Å². The molecule has 0 rings (SSSR count). The number of ether oxygens (including phenoxy) is 3. The van der Waals surface area contributed by atoms with Crippen LogP contribution in [-0.2, 0) is 28.6 Å². The van der Waals surface area contributed by atoms with E-state index in [0.29, 0.717) is 19.3 Å². The third kappa shape index (κ3) is 47.0. The SMILES string of the molecule is CC\C=C/C=C\C=C/C=C\C=C/CCCC(=O)OCC(COC(=O)CCCCCCCCC\C=C/C=C\C=C/CC)OC(=O)CCCCCCCCC/C=C\CCCCCC. The summed E-state index contributed by atoms with van der Waals surface area (Å²) in [6.07, 6.45) is 65.0. The Bertz CT molecular complexity index is 1290. The summed E-state index contributed by atoms with van der Waals surface area (Å²) in [6, 6.07) is 0. The topological polar surface area (TPSA) is 78.9 Å². The van der Waals surface area contributed by atoms with E-state index in [9.17, 15) is 14.4 Å². The highest BCUT2D eigenvalue weighted by atomic mass is 16.6. The minimum atomic E-state index is -0.815. The van der Waals surface area contributed by atoms with Gasteiger partial charge >= 0.3 is 17.9 Å². The van der Waals surface area contributed by atoms with Crippen LogP contribution < -0.4 is 0 Å². The molecule has 0 aromatic heterocycles. The predicted molar refractivity (Wildman–Crippen MR) is 260 cm³/mol. The van der Waals surface area contributed by atoms with Crippen LogP contribution in [-0.4, -0.2) is 37.2 Å². The van der Waals surface area contributed by atoms with Crippen LogP contribution in [0.3, 0.4) is 0 Å². The van der Waals surface area contributed by atoms with E-state index in [-0.39, 0.29) is 37.5 Å². The Kier molecular flexibility index (Phi) is 45.6. The molecule has 0 saturated heterocycles. The average Bonchev–Trinajstić information content (AvgIpc) is 3.26. The van der Waals surface area contributed by atoms with Crippen LogP contribution in [0.15, 0.2) is 109 Å². The van der Waals surface area contributed by atoms with Gasteiger partial charge < -0.3 is 14.2 Å². The molecule has 0 aliphatic heterocycles. The van der Waals surface area contributed by atoms with Crippen LogP contribution in [0.2, 0.25) is 0 Å². The van der Waals surface area contributed by atoms with Crippen molar-refractivity contribution < 1.29 is 28.6 Å². The van der Waals surface area contributed by atoms with Gasteiger partial charge in [0.15, 0.2) is 6.10 Å². The van der Waals surface area contributed by atoms with Crippen molar-refractivity contribution in [1.82, 2.24) is 0 Å². The smallest absolute Gasteiger partial charge is 0.306 e. The number of carbonyl (C=O) groups is 3. The van der Waals surface area contributed by atoms with E-state index in [0.717, 1.165) is 64.2 Å². The second kappa shape index (κ2) is 48.7. The van der Waals surface area contributed by atoms with Gasteiger partial charge in [0.2, 0.25) is 0 Å². The van der Waals surface area contributed by atoms with Crippen LogP contribution in [0.1, 0.15) is 201 Å². The number of unbranched alkanes of at least 4 members (excludes halogenated alkanes) is 19. The highest BCUT2D eigenvalue weighted by molar-refractivity contribution is 5.71. The normalized spacial score (nSPS) is 13.0. The van der Waals surface area contributed by atoms with Crippen molar-refractivity contribution in [2.24, 2.45) is 0 Å². The lowest BCUT2D eigenvalue weighted by Gasteiger charge is -2.18. The fourth-order valence-electron chi connectivity index (χ4n) is 6.29. The zero-order chi connectivity index (χ0) is 44.4. The van der Waals surface area contributed by atoms with Gasteiger partial charge in [0.05, 0.1) is 0 Å². The number of esters is 3. The van der Waals surface area contributed by atoms with Crippen molar-refractivity contribution in [3.63, 3.8) is 0 Å². The molecule has 0 amide bonds. The summed E-state index contributed by atoms with van der Waals surface area (Å²) in [4.78, 5) is 37.9. The third-order valence-corrected chi connectivity index (χ3v) is 9.93. The molecule has 0 heterocycles. The first-order chi connectivity index (χ1) is 30.0. The second-order valence-corrected chi connectivity index (χ2v) is 15.8. The second-order valence-electron chi connectivity index (χ2n) is 15.8. The lowest BCUT2D eigenvalue weighted by molar-refractivity contribution is -0.167. The van der Waals surface area contributed by atoms with Gasteiger partial charge in [0.1, 0.15) is 13.2 Å². The molecule has 0 bridgehead atoms. The minimum Gasteiger partial charge on any atom is -0.462 e. The molecule has 0 aliphatic carbocycles. The molecule has 0 saturated carbocycles. The standard InChI is InChI=1S/C55H88O6/c1-4-7-10-13-16-19-22-25-27-30-33-36-39-42-45-48-54(57)60-51-52(50-59-53(56)47-44-41-38-35-32-29-24-21-18-15-12-9-6-3)61-55(58)49-46-43-40-37-34-31-28-26-23-20-17-14-11-8-5-2/h7,9-10,12-13,15-16,18-24,29,32,35,38,52H,4-6,8,11,14,17,25-28,30-31,33-34,36-37,39-51H2,1-3H3/b10-7-,12-9-,16-13-,18-15-,22-19-,23-20-,24-21-,32-29-,38-35-. The van der Waals surface area contributed by atoms with Gasteiger partial charge in [-0.1, -0.05) is 214 Å². The quantitative estimate of drug-likeness (QED) is 0.0200. The first-order valence-electron chi connectivity index (χ1n) is 24.5. The minimum absolute atomic E-state index is 0.111. The summed E-state index contributed by atoms with van der Waals surface area (Å²) >= 11 is 0. The Hall–Kier alpha value is -3.93. The Labute approximate surface area is 374 Å². The van der Waals surface area contributed by atoms with Crippen molar-refractivity contribution in [3.05, 3.63) is 109 Å². The Morgan fingerprint density at radius 2 is 0.672 bits per heavy atom. The lowest BCUT2D eigenvalue weighted by Crippen LogP contribution is -2.30. The molecule has 6 nitrogen and oxygen atoms in total. The molecule has 0 aliphatic rings. The molecule has 0 spiro atoms. The van der Waals surface area contributed by atoms with Gasteiger partial charge in [-0.2, -0.15) is 0 Å². The number of hydrogen-bond donors (Lipinski definition) is 0. The van der Waals surface area contributed by atoms with E-state index in [1.54, 1.807) is 0 Å². The highest BCUT2D eigenvalue weighted by Crippen LogP contribution is 2.14. The molecule has 344 valence electrons. The first-order valence-corrected chi connectivity index (χ1v) is 24.5. The van der Waals surface area contributed by atoms with Crippen LogP contribution in [0.25, 0.3) is 0 Å². The van der Waals surface area contributed by atoms with Crippen molar-refractivity contribution in [1.29, 1.82) is 0 Å². The molecule has 1 atom stereocenters. The Balaban J connectivity index is 4.52. The largest absolute Gasteiger partial charge is 0.462 e. The van der Waals surface area contributed by atoms with Crippen LogP contribution >= 0.6 is 0 Å². The molecule has 61 heavy (non-hydrogen) atoms. The molecule has 0 radical (unpaired) electrons. The van der Waals surface area contributed by atoms with E-state index in [1.165, 1.54) is 89.9 Å². The van der Waals surface area contributed by atoms with E-state index in [2.05, 4.69) is 75.5 Å². The third-order valence-electron chi connectivity index (χ3n) is 9.93. The van der Waals surface area contributed by atoms with Gasteiger partial charge in [-0.3, -0.25) is 14.4 Å². The zero-order valence-electron chi connectivity index (χ0n) is 39.1. The molecular formula is C55H88O6. The molecule has 0 aromatic carbocycles. The maximum absolute atomic E-state index is 12.8. The van der Waals surface area contributed by atoms with Crippen LogP contribution in [0.5, 0.6) is 0 Å². The fraction of sp³-hybridized carbons (Fsp3) is 0.618. The lowest BCUT2D eigenvalue weighted by atomic mass is 10.1. The van der Waals surface area contributed by atoms with E-state index in [4.69, 9.17) is 14.2 Å². The fourth-order valence-corrected chi connectivity index (χ4v) is 6.29. The highest BCUT2D eigenvalue weighted by Gasteiger charge is 2.19. The van der Waals surface area contributed by atoms with Gasteiger partial charge in [-0.15, -0.1) is 0 Å². The van der Waals surface area contributed by atoms with Gasteiger partial charge in [0, 0.05) is 19.3 Å². The molecule has 6 heteroatoms. The van der Waals surface area contributed by atoms with Gasteiger partial charge in [-0.05, 0) is 77.0 Å². The summed E-state index contributed by atoms with van der Waals surface area (Å²) < 4.78 is 16.7. The zero-order valence-corrected chi connectivity index (χ0v) is 39.1. The number of rotatable bonds is 42. The van der Waals surface area contributed by atoms with Crippen molar-refractivity contribution in [3.8, 4) is 0 Å². The van der Waals surface area contributed by atoms with Crippen molar-refractivity contribution >= 4 is 17.9 Å². The summed E-state index contributed by atoms with van der Waals surface area (Å²) in [5.74, 6) is -1.01. The van der Waals surface area contributed by atoms with Crippen LogP contribution in [0, 0.1) is 0 Å². The molecule has 1 unspecified atom stereocenters. The Morgan fingerprint density at radius 3 is 1.11 bits per heavy atom. The molecular weight excluding hydrogens is 757 g/mol.